The number of carbonyl (C=O) groups is 2. The SMILES string of the molecule is CCc1ccc(C=O)c(C(Cl)C(C)=O)c1. The molecule has 0 saturated heterocycles. The molecule has 0 radical (unpaired) electrons. The largest absolute Gasteiger partial charge is 0.298 e. The summed E-state index contributed by atoms with van der Waals surface area (Å²) in [5, 5.41) is -0.725. The first-order chi connectivity index (χ1) is 7.10. The molecule has 2 nitrogen and oxygen atoms in total. The molecule has 1 aromatic rings. The van der Waals surface area contributed by atoms with Crippen LogP contribution in [-0.4, -0.2) is 12.1 Å². The summed E-state index contributed by atoms with van der Waals surface area (Å²) < 4.78 is 0. The molecule has 0 aliphatic carbocycles. The van der Waals surface area contributed by atoms with E-state index in [1.165, 1.54) is 6.92 Å². The van der Waals surface area contributed by atoms with Gasteiger partial charge in [-0.2, -0.15) is 0 Å². The summed E-state index contributed by atoms with van der Waals surface area (Å²) in [4.78, 5) is 21.9. The van der Waals surface area contributed by atoms with Gasteiger partial charge in [0.15, 0.2) is 5.78 Å². The van der Waals surface area contributed by atoms with Crippen LogP contribution >= 0.6 is 11.6 Å². The molecule has 0 spiro atoms. The smallest absolute Gasteiger partial charge is 0.152 e. The van der Waals surface area contributed by atoms with Gasteiger partial charge in [-0.05, 0) is 24.5 Å². The van der Waals surface area contributed by atoms with Crippen molar-refractivity contribution < 1.29 is 9.59 Å². The fraction of sp³-hybridized carbons (Fsp3) is 0.333. The van der Waals surface area contributed by atoms with E-state index in [1.807, 2.05) is 19.1 Å². The highest BCUT2D eigenvalue weighted by Gasteiger charge is 2.16. The first-order valence-corrected chi connectivity index (χ1v) is 5.26. The number of halogens is 1. The molecule has 0 aliphatic heterocycles. The first-order valence-electron chi connectivity index (χ1n) is 4.82. The molecule has 0 aromatic heterocycles. The fourth-order valence-corrected chi connectivity index (χ4v) is 1.58. The number of hydrogen-bond donors (Lipinski definition) is 0. The summed E-state index contributed by atoms with van der Waals surface area (Å²) in [6.07, 6.45) is 1.58. The van der Waals surface area contributed by atoms with Crippen LogP contribution < -0.4 is 0 Å². The van der Waals surface area contributed by atoms with Gasteiger partial charge in [0.25, 0.3) is 0 Å². The normalized spacial score (nSPS) is 12.2. The van der Waals surface area contributed by atoms with Gasteiger partial charge in [-0.15, -0.1) is 11.6 Å². The molecule has 1 rings (SSSR count). The molecule has 80 valence electrons. The molecule has 3 heteroatoms. The second kappa shape index (κ2) is 5.08. The Hall–Kier alpha value is -1.15. The van der Waals surface area contributed by atoms with Gasteiger partial charge in [0.1, 0.15) is 11.7 Å². The molecule has 0 heterocycles. The van der Waals surface area contributed by atoms with E-state index in [4.69, 9.17) is 11.6 Å². The lowest BCUT2D eigenvalue weighted by atomic mass is 9.99. The lowest BCUT2D eigenvalue weighted by Crippen LogP contribution is -2.05. The van der Waals surface area contributed by atoms with Crippen LogP contribution in [0.4, 0.5) is 0 Å². The van der Waals surface area contributed by atoms with Crippen LogP contribution in [-0.2, 0) is 11.2 Å². The number of benzene rings is 1. The lowest BCUT2D eigenvalue weighted by Gasteiger charge is -2.10. The fourth-order valence-electron chi connectivity index (χ4n) is 1.39. The van der Waals surface area contributed by atoms with E-state index in [-0.39, 0.29) is 5.78 Å². The van der Waals surface area contributed by atoms with Gasteiger partial charge in [0, 0.05) is 5.56 Å². The molecule has 1 atom stereocenters. The van der Waals surface area contributed by atoms with Gasteiger partial charge in [0.05, 0.1) is 0 Å². The van der Waals surface area contributed by atoms with Crippen molar-refractivity contribution in [3.8, 4) is 0 Å². The van der Waals surface area contributed by atoms with Gasteiger partial charge < -0.3 is 0 Å². The van der Waals surface area contributed by atoms with E-state index in [2.05, 4.69) is 0 Å². The number of carbonyl (C=O) groups excluding carboxylic acids is 2. The zero-order valence-corrected chi connectivity index (χ0v) is 9.54. The molecule has 15 heavy (non-hydrogen) atoms. The maximum atomic E-state index is 11.2. The van der Waals surface area contributed by atoms with Gasteiger partial charge in [-0.25, -0.2) is 0 Å². The molecule has 0 amide bonds. The van der Waals surface area contributed by atoms with Crippen molar-refractivity contribution in [2.24, 2.45) is 0 Å². The molecular weight excluding hydrogens is 212 g/mol. The zero-order chi connectivity index (χ0) is 11.4. The number of rotatable bonds is 4. The Morgan fingerprint density at radius 3 is 2.67 bits per heavy atom. The summed E-state index contributed by atoms with van der Waals surface area (Å²) in [7, 11) is 0. The summed E-state index contributed by atoms with van der Waals surface area (Å²) in [6, 6.07) is 5.40. The minimum atomic E-state index is -0.725. The van der Waals surface area contributed by atoms with Crippen LogP contribution in [0, 0.1) is 0 Å². The molecule has 0 N–H and O–H groups in total. The third-order valence-electron chi connectivity index (χ3n) is 2.32. The zero-order valence-electron chi connectivity index (χ0n) is 8.79. The number of Topliss-reactive ketones (excluding diaryl/α,β-unsaturated/α-hetero) is 1. The van der Waals surface area contributed by atoms with Crippen molar-refractivity contribution >= 4 is 23.7 Å². The lowest BCUT2D eigenvalue weighted by molar-refractivity contribution is -0.116. The van der Waals surface area contributed by atoms with Crippen molar-refractivity contribution in [1.29, 1.82) is 0 Å². The summed E-state index contributed by atoms with van der Waals surface area (Å²) in [5.41, 5.74) is 2.17. The molecule has 0 bridgehead atoms. The average Bonchev–Trinajstić information content (AvgIpc) is 2.27. The summed E-state index contributed by atoms with van der Waals surface area (Å²) >= 11 is 5.95. The Labute approximate surface area is 94.2 Å². The number of aldehydes is 1. The average molecular weight is 225 g/mol. The molecule has 0 aliphatic rings. The van der Waals surface area contributed by atoms with Crippen molar-refractivity contribution in [2.45, 2.75) is 25.6 Å². The van der Waals surface area contributed by atoms with E-state index in [0.717, 1.165) is 18.3 Å². The monoisotopic (exact) mass is 224 g/mol. The highest BCUT2D eigenvalue weighted by atomic mass is 35.5. The number of aryl methyl sites for hydroxylation is 1. The van der Waals surface area contributed by atoms with Crippen LogP contribution in [0.15, 0.2) is 18.2 Å². The first kappa shape index (κ1) is 11.9. The maximum absolute atomic E-state index is 11.2. The Morgan fingerprint density at radius 1 is 1.53 bits per heavy atom. The molecule has 1 aromatic carbocycles. The van der Waals surface area contributed by atoms with E-state index < -0.39 is 5.38 Å². The van der Waals surface area contributed by atoms with Gasteiger partial charge >= 0.3 is 0 Å². The summed E-state index contributed by atoms with van der Waals surface area (Å²) in [6.45, 7) is 3.43. The number of hydrogen-bond acceptors (Lipinski definition) is 2. The quantitative estimate of drug-likeness (QED) is 0.582. The van der Waals surface area contributed by atoms with E-state index in [9.17, 15) is 9.59 Å². The van der Waals surface area contributed by atoms with Crippen molar-refractivity contribution in [3.05, 3.63) is 34.9 Å². The van der Waals surface area contributed by atoms with Gasteiger partial charge in [0.2, 0.25) is 0 Å². The van der Waals surface area contributed by atoms with Crippen LogP contribution in [0.3, 0.4) is 0 Å². The third-order valence-corrected chi connectivity index (χ3v) is 2.86. The second-order valence-electron chi connectivity index (χ2n) is 3.41. The Kier molecular flexibility index (Phi) is 4.04. The highest BCUT2D eigenvalue weighted by molar-refractivity contribution is 6.31. The van der Waals surface area contributed by atoms with Gasteiger partial charge in [-0.3, -0.25) is 9.59 Å². The van der Waals surface area contributed by atoms with Crippen LogP contribution in [0.5, 0.6) is 0 Å². The van der Waals surface area contributed by atoms with Crippen molar-refractivity contribution in [3.63, 3.8) is 0 Å². The van der Waals surface area contributed by atoms with E-state index >= 15 is 0 Å². The molecule has 0 fully saturated rings. The van der Waals surface area contributed by atoms with Crippen molar-refractivity contribution in [1.82, 2.24) is 0 Å². The Bertz CT molecular complexity index is 385. The van der Waals surface area contributed by atoms with Crippen molar-refractivity contribution in [2.75, 3.05) is 0 Å². The van der Waals surface area contributed by atoms with E-state index in [1.54, 1.807) is 6.07 Å². The van der Waals surface area contributed by atoms with Crippen LogP contribution in [0.1, 0.15) is 40.7 Å². The number of ketones is 1. The third kappa shape index (κ3) is 2.66. The minimum Gasteiger partial charge on any atom is -0.298 e. The van der Waals surface area contributed by atoms with E-state index in [0.29, 0.717) is 11.1 Å². The Morgan fingerprint density at radius 2 is 2.20 bits per heavy atom. The predicted molar refractivity (Wildman–Crippen MR) is 60.5 cm³/mol. The number of alkyl halides is 1. The topological polar surface area (TPSA) is 34.1 Å². The highest BCUT2D eigenvalue weighted by Crippen LogP contribution is 2.25. The summed E-state index contributed by atoms with van der Waals surface area (Å²) in [5.74, 6) is -0.145. The van der Waals surface area contributed by atoms with Gasteiger partial charge in [-0.1, -0.05) is 25.1 Å². The maximum Gasteiger partial charge on any atom is 0.152 e. The van der Waals surface area contributed by atoms with Crippen LogP contribution in [0.25, 0.3) is 0 Å². The molecule has 1 unspecified atom stereocenters. The molecular formula is C12H13ClO2. The molecule has 0 saturated carbocycles. The standard InChI is InChI=1S/C12H13ClO2/c1-3-9-4-5-10(7-14)11(6-9)12(13)8(2)15/h4-7,12H,3H2,1-2H3. The minimum absolute atomic E-state index is 0.145. The predicted octanol–water partition coefficient (Wildman–Crippen LogP) is 2.93. The Balaban J connectivity index is 3.22. The van der Waals surface area contributed by atoms with Crippen LogP contribution in [0.2, 0.25) is 0 Å². The second-order valence-corrected chi connectivity index (χ2v) is 3.84.